The highest BCUT2D eigenvalue weighted by atomic mass is 16.2. The summed E-state index contributed by atoms with van der Waals surface area (Å²) >= 11 is 0. The van der Waals surface area contributed by atoms with Gasteiger partial charge in [0.25, 0.3) is 0 Å². The van der Waals surface area contributed by atoms with E-state index in [2.05, 4.69) is 69.0 Å². The van der Waals surface area contributed by atoms with Gasteiger partial charge in [0.05, 0.1) is 6.04 Å². The van der Waals surface area contributed by atoms with Crippen LogP contribution in [-0.4, -0.2) is 74.1 Å². The zero-order chi connectivity index (χ0) is 19.5. The fraction of sp³-hybridized carbons (Fsp3) is 0.667. The Bertz CT molecular complexity index is 500. The summed E-state index contributed by atoms with van der Waals surface area (Å²) in [6, 6.07) is 10.5. The molecule has 0 saturated carbocycles. The summed E-state index contributed by atoms with van der Waals surface area (Å²) in [6.45, 7) is 13.8. The molecule has 26 heavy (non-hydrogen) atoms. The Kier molecular flexibility index (Phi) is 10.3. The van der Waals surface area contributed by atoms with Gasteiger partial charge in [0.1, 0.15) is 0 Å². The molecule has 1 atom stereocenters. The SMILES string of the molecule is CCN(CC)CCN(CC(C)C)C(=O)NCC(c1ccccc1)N(C)C. The van der Waals surface area contributed by atoms with Crippen LogP contribution in [0, 0.1) is 5.92 Å². The van der Waals surface area contributed by atoms with Crippen molar-refractivity contribution in [2.75, 3.05) is 53.4 Å². The molecule has 0 fully saturated rings. The van der Waals surface area contributed by atoms with Crippen LogP contribution < -0.4 is 5.32 Å². The van der Waals surface area contributed by atoms with Crippen molar-refractivity contribution in [3.8, 4) is 0 Å². The third kappa shape index (κ3) is 7.75. The Labute approximate surface area is 160 Å². The first kappa shape index (κ1) is 22.5. The first-order valence-corrected chi connectivity index (χ1v) is 9.85. The molecule has 1 N–H and O–H groups in total. The van der Waals surface area contributed by atoms with Gasteiger partial charge in [-0.2, -0.15) is 0 Å². The fourth-order valence-corrected chi connectivity index (χ4v) is 3.09. The lowest BCUT2D eigenvalue weighted by atomic mass is 10.1. The van der Waals surface area contributed by atoms with E-state index in [1.165, 1.54) is 5.56 Å². The van der Waals surface area contributed by atoms with E-state index in [1.54, 1.807) is 0 Å². The van der Waals surface area contributed by atoms with Crippen molar-refractivity contribution in [1.29, 1.82) is 0 Å². The Morgan fingerprint density at radius 1 is 1.04 bits per heavy atom. The molecule has 1 aromatic rings. The average molecular weight is 363 g/mol. The Hall–Kier alpha value is -1.59. The number of carbonyl (C=O) groups is 1. The molecule has 5 heteroatoms. The minimum Gasteiger partial charge on any atom is -0.336 e. The molecule has 0 aliphatic rings. The number of rotatable bonds is 11. The van der Waals surface area contributed by atoms with Crippen molar-refractivity contribution in [1.82, 2.24) is 20.0 Å². The van der Waals surface area contributed by atoms with Gasteiger partial charge < -0.3 is 20.0 Å². The van der Waals surface area contributed by atoms with E-state index < -0.39 is 0 Å². The highest BCUT2D eigenvalue weighted by Crippen LogP contribution is 2.16. The van der Waals surface area contributed by atoms with Crippen LogP contribution in [0.3, 0.4) is 0 Å². The number of amides is 2. The number of hydrogen-bond acceptors (Lipinski definition) is 3. The van der Waals surface area contributed by atoms with Crippen LogP contribution in [0.1, 0.15) is 39.3 Å². The summed E-state index contributed by atoms with van der Waals surface area (Å²) in [6.07, 6.45) is 0. The van der Waals surface area contributed by atoms with Gasteiger partial charge in [0, 0.05) is 26.2 Å². The minimum absolute atomic E-state index is 0.0358. The summed E-state index contributed by atoms with van der Waals surface area (Å²) in [5, 5.41) is 3.15. The summed E-state index contributed by atoms with van der Waals surface area (Å²) in [5.74, 6) is 0.455. The minimum atomic E-state index is 0.0358. The second kappa shape index (κ2) is 11.9. The van der Waals surface area contributed by atoms with Gasteiger partial charge in [-0.15, -0.1) is 0 Å². The monoisotopic (exact) mass is 362 g/mol. The molecule has 0 bridgehead atoms. The van der Waals surface area contributed by atoms with Gasteiger partial charge in [0.2, 0.25) is 0 Å². The summed E-state index contributed by atoms with van der Waals surface area (Å²) in [5.41, 5.74) is 1.22. The zero-order valence-electron chi connectivity index (χ0n) is 17.5. The molecule has 1 aromatic carbocycles. The second-order valence-corrected chi connectivity index (χ2v) is 7.44. The number of benzene rings is 1. The van der Waals surface area contributed by atoms with Gasteiger partial charge in [-0.05, 0) is 38.7 Å². The summed E-state index contributed by atoms with van der Waals surface area (Å²) < 4.78 is 0. The van der Waals surface area contributed by atoms with Gasteiger partial charge >= 0.3 is 6.03 Å². The van der Waals surface area contributed by atoms with Gasteiger partial charge in [-0.3, -0.25) is 0 Å². The lowest BCUT2D eigenvalue weighted by molar-refractivity contribution is 0.174. The third-order valence-electron chi connectivity index (χ3n) is 4.71. The normalized spacial score (nSPS) is 12.7. The molecule has 5 nitrogen and oxygen atoms in total. The smallest absolute Gasteiger partial charge is 0.317 e. The number of carbonyl (C=O) groups excluding carboxylic acids is 1. The lowest BCUT2D eigenvalue weighted by Crippen LogP contribution is -2.47. The third-order valence-corrected chi connectivity index (χ3v) is 4.71. The number of hydrogen-bond donors (Lipinski definition) is 1. The van der Waals surface area contributed by atoms with Crippen LogP contribution in [0.2, 0.25) is 0 Å². The van der Waals surface area contributed by atoms with Crippen molar-refractivity contribution < 1.29 is 4.79 Å². The maximum absolute atomic E-state index is 12.8. The molecular formula is C21H38N4O. The molecule has 0 radical (unpaired) electrons. The van der Waals surface area contributed by atoms with Crippen molar-refractivity contribution in [2.24, 2.45) is 5.92 Å². The summed E-state index contributed by atoms with van der Waals surface area (Å²) in [4.78, 5) is 19.3. The van der Waals surface area contributed by atoms with Gasteiger partial charge in [0.15, 0.2) is 0 Å². The topological polar surface area (TPSA) is 38.8 Å². The highest BCUT2D eigenvalue weighted by Gasteiger charge is 2.19. The maximum Gasteiger partial charge on any atom is 0.317 e. The summed E-state index contributed by atoms with van der Waals surface area (Å²) in [7, 11) is 4.10. The first-order valence-electron chi connectivity index (χ1n) is 9.85. The Balaban J connectivity index is 2.68. The molecule has 0 aliphatic heterocycles. The van der Waals surface area contributed by atoms with Crippen molar-refractivity contribution in [3.05, 3.63) is 35.9 Å². The van der Waals surface area contributed by atoms with Gasteiger partial charge in [-0.25, -0.2) is 4.79 Å². The molecule has 2 amide bonds. The van der Waals surface area contributed by atoms with E-state index in [0.29, 0.717) is 12.5 Å². The molecule has 1 rings (SSSR count). The largest absolute Gasteiger partial charge is 0.336 e. The van der Waals surface area contributed by atoms with E-state index >= 15 is 0 Å². The zero-order valence-corrected chi connectivity index (χ0v) is 17.5. The molecule has 0 saturated heterocycles. The van der Waals surface area contributed by atoms with Crippen LogP contribution >= 0.6 is 0 Å². The number of nitrogens with zero attached hydrogens (tertiary/aromatic N) is 3. The maximum atomic E-state index is 12.8. The van der Waals surface area contributed by atoms with E-state index in [-0.39, 0.29) is 12.1 Å². The molecule has 0 aromatic heterocycles. The number of likely N-dealkylation sites (N-methyl/N-ethyl adjacent to an activating group) is 2. The quantitative estimate of drug-likeness (QED) is 0.656. The second-order valence-electron chi connectivity index (χ2n) is 7.44. The predicted molar refractivity (Wildman–Crippen MR) is 110 cm³/mol. The van der Waals surface area contributed by atoms with Crippen LogP contribution in [0.5, 0.6) is 0 Å². The van der Waals surface area contributed by atoms with Crippen LogP contribution in [0.25, 0.3) is 0 Å². The van der Waals surface area contributed by atoms with E-state index in [4.69, 9.17) is 0 Å². The fourth-order valence-electron chi connectivity index (χ4n) is 3.09. The van der Waals surface area contributed by atoms with E-state index in [1.807, 2.05) is 23.1 Å². The molecule has 0 heterocycles. The van der Waals surface area contributed by atoms with Crippen LogP contribution in [0.4, 0.5) is 4.79 Å². The molecule has 0 aliphatic carbocycles. The van der Waals surface area contributed by atoms with Crippen molar-refractivity contribution >= 4 is 6.03 Å². The molecular weight excluding hydrogens is 324 g/mol. The predicted octanol–water partition coefficient (Wildman–Crippen LogP) is 3.30. The average Bonchev–Trinajstić information content (AvgIpc) is 2.61. The van der Waals surface area contributed by atoms with Crippen molar-refractivity contribution in [3.63, 3.8) is 0 Å². The van der Waals surface area contributed by atoms with Crippen molar-refractivity contribution in [2.45, 2.75) is 33.7 Å². The Morgan fingerprint density at radius 3 is 2.15 bits per heavy atom. The van der Waals surface area contributed by atoms with Crippen LogP contribution in [0.15, 0.2) is 30.3 Å². The molecule has 1 unspecified atom stereocenters. The lowest BCUT2D eigenvalue weighted by Gasteiger charge is -2.30. The Morgan fingerprint density at radius 2 is 1.65 bits per heavy atom. The number of nitrogens with one attached hydrogen (secondary N) is 1. The standard InChI is InChI=1S/C21H38N4O/c1-7-24(8-2)14-15-25(17-18(3)4)21(26)22-16-20(23(5)6)19-12-10-9-11-13-19/h9-13,18,20H,7-8,14-17H2,1-6H3,(H,22,26). The van der Waals surface area contributed by atoms with Crippen LogP contribution in [-0.2, 0) is 0 Å². The molecule has 148 valence electrons. The first-order chi connectivity index (χ1) is 12.4. The molecule has 0 spiro atoms. The van der Waals surface area contributed by atoms with E-state index in [0.717, 1.165) is 32.7 Å². The van der Waals surface area contributed by atoms with Gasteiger partial charge in [-0.1, -0.05) is 58.0 Å². The number of urea groups is 1. The van der Waals surface area contributed by atoms with E-state index in [9.17, 15) is 4.79 Å². The highest BCUT2D eigenvalue weighted by molar-refractivity contribution is 5.74.